The van der Waals surface area contributed by atoms with Crippen molar-refractivity contribution < 1.29 is 14.1 Å². The van der Waals surface area contributed by atoms with E-state index in [2.05, 4.69) is 124 Å². The molecule has 1 aliphatic rings. The number of aryl methyl sites for hydroxylation is 1. The van der Waals surface area contributed by atoms with Gasteiger partial charge < -0.3 is 31.1 Å². The summed E-state index contributed by atoms with van der Waals surface area (Å²) in [5, 5.41) is 31.6. The minimum absolute atomic E-state index is 0.00575. The van der Waals surface area contributed by atoms with Crippen LogP contribution in [0.2, 0.25) is 0 Å². The topological polar surface area (TPSA) is 188 Å². The smallest absolute Gasteiger partial charge is 0.324 e. The third-order valence-corrected chi connectivity index (χ3v) is 9.39. The van der Waals surface area contributed by atoms with E-state index >= 15 is 0 Å². The molecular formula is C45H60N12O3S. The standard InChI is InChI=1S/C26H36N6.C17H18N6O3S.C2H6/c1-17(22-15-23(26(6,7)8)31-32(22)9)28-20-10-12-21(13-11-20)29-18(2)30-24-14-19(16-27-24)25(3,4)5;1-17(2,3)13-8-14(22-26-13)20-16(25)19-11-6-4-10(5-7-11)18-15(24)12-9-27-23-21-12;1-2/h10-15,28-29H,1-2,16H2,3-9H3,(H,27,30);4-9H,1-3H3,(H,18,24)(H2,19,20,22,25);1-2H3. The summed E-state index contributed by atoms with van der Waals surface area (Å²) in [6, 6.07) is 18.0. The molecule has 324 valence electrons. The van der Waals surface area contributed by atoms with Crippen LogP contribution >= 0.6 is 11.5 Å². The molecule has 2 aromatic carbocycles. The second-order valence-electron chi connectivity index (χ2n) is 17.0. The van der Waals surface area contributed by atoms with Gasteiger partial charge in [0.15, 0.2) is 11.5 Å². The van der Waals surface area contributed by atoms with Crippen LogP contribution in [0.5, 0.6) is 0 Å². The molecule has 0 unspecified atom stereocenters. The minimum Gasteiger partial charge on any atom is -0.359 e. The molecule has 6 rings (SSSR count). The van der Waals surface area contributed by atoms with Crippen LogP contribution in [0.25, 0.3) is 5.70 Å². The van der Waals surface area contributed by atoms with Gasteiger partial charge in [0.25, 0.3) is 5.91 Å². The Morgan fingerprint density at radius 2 is 1.31 bits per heavy atom. The van der Waals surface area contributed by atoms with Crippen molar-refractivity contribution in [2.24, 2.45) is 17.5 Å². The Balaban J connectivity index is 0.000000261. The summed E-state index contributed by atoms with van der Waals surface area (Å²) in [5.74, 6) is 2.19. The van der Waals surface area contributed by atoms with Gasteiger partial charge in [-0.1, -0.05) is 99.0 Å². The molecule has 0 aliphatic carbocycles. The first kappa shape index (κ1) is 47.1. The molecule has 0 spiro atoms. The number of hydrogen-bond donors (Lipinski definition) is 6. The number of nitrogens with one attached hydrogen (secondary N) is 6. The second-order valence-corrected chi connectivity index (χ2v) is 17.7. The summed E-state index contributed by atoms with van der Waals surface area (Å²) in [7, 11) is 1.94. The molecule has 0 radical (unpaired) electrons. The predicted octanol–water partition coefficient (Wildman–Crippen LogP) is 10.4. The molecule has 15 nitrogen and oxygen atoms in total. The van der Waals surface area contributed by atoms with Gasteiger partial charge in [0.1, 0.15) is 17.4 Å². The first-order valence-corrected chi connectivity index (χ1v) is 20.8. The van der Waals surface area contributed by atoms with Crippen molar-refractivity contribution in [1.29, 1.82) is 0 Å². The van der Waals surface area contributed by atoms with E-state index in [0.717, 1.165) is 52.4 Å². The molecule has 1 aliphatic heterocycles. The lowest BCUT2D eigenvalue weighted by molar-refractivity contribution is 0.102. The summed E-state index contributed by atoms with van der Waals surface area (Å²) < 4.78 is 10.7. The van der Waals surface area contributed by atoms with Crippen LogP contribution in [0.15, 0.2) is 106 Å². The predicted molar refractivity (Wildman–Crippen MR) is 250 cm³/mol. The zero-order valence-electron chi connectivity index (χ0n) is 37.4. The van der Waals surface area contributed by atoms with Gasteiger partial charge in [0.05, 0.1) is 23.6 Å². The zero-order chi connectivity index (χ0) is 45.1. The fraction of sp³-hybridized carbons (Fsp3) is 0.356. The van der Waals surface area contributed by atoms with E-state index in [0.29, 0.717) is 28.8 Å². The van der Waals surface area contributed by atoms with Crippen molar-refractivity contribution in [2.45, 2.75) is 87.0 Å². The summed E-state index contributed by atoms with van der Waals surface area (Å²) in [6.07, 6.45) is 2.11. The Labute approximate surface area is 363 Å². The summed E-state index contributed by atoms with van der Waals surface area (Å²) in [6.45, 7) is 32.0. The lowest BCUT2D eigenvalue weighted by atomic mass is 9.87. The van der Waals surface area contributed by atoms with E-state index in [1.807, 2.05) is 70.6 Å². The van der Waals surface area contributed by atoms with Crippen molar-refractivity contribution in [3.63, 3.8) is 0 Å². The molecule has 5 aromatic rings. The number of hydrogen-bond acceptors (Lipinski definition) is 12. The van der Waals surface area contributed by atoms with Gasteiger partial charge in [-0.25, -0.2) is 4.79 Å². The molecule has 3 amide bonds. The van der Waals surface area contributed by atoms with Crippen LogP contribution in [0.1, 0.15) is 104 Å². The van der Waals surface area contributed by atoms with Crippen molar-refractivity contribution in [2.75, 3.05) is 33.1 Å². The first-order valence-electron chi connectivity index (χ1n) is 20.0. The maximum Gasteiger partial charge on any atom is 0.324 e. The molecule has 4 heterocycles. The molecule has 6 N–H and O–H groups in total. The maximum atomic E-state index is 12.1. The monoisotopic (exact) mass is 848 g/mol. The average molecular weight is 849 g/mol. The lowest BCUT2D eigenvalue weighted by Crippen LogP contribution is -2.24. The van der Waals surface area contributed by atoms with E-state index in [-0.39, 0.29) is 27.8 Å². The van der Waals surface area contributed by atoms with E-state index in [4.69, 9.17) is 4.52 Å². The van der Waals surface area contributed by atoms with Gasteiger partial charge in [0.2, 0.25) is 0 Å². The van der Waals surface area contributed by atoms with Gasteiger partial charge in [0, 0.05) is 52.1 Å². The average Bonchev–Trinajstić information content (AvgIpc) is 4.02. The highest BCUT2D eigenvalue weighted by molar-refractivity contribution is 7.03. The second kappa shape index (κ2) is 20.1. The molecule has 61 heavy (non-hydrogen) atoms. The Hall–Kier alpha value is -6.55. The Morgan fingerprint density at radius 3 is 1.80 bits per heavy atom. The molecule has 0 saturated heterocycles. The summed E-state index contributed by atoms with van der Waals surface area (Å²) >= 11 is 1.10. The Kier molecular flexibility index (Phi) is 15.6. The van der Waals surface area contributed by atoms with Gasteiger partial charge in [-0.2, -0.15) is 5.10 Å². The number of aliphatic imine (C=N–C) groups is 1. The number of amidine groups is 1. The van der Waals surface area contributed by atoms with E-state index in [1.54, 1.807) is 35.7 Å². The number of urea groups is 1. The molecule has 16 heteroatoms. The highest BCUT2D eigenvalue weighted by Crippen LogP contribution is 2.29. The normalized spacial score (nSPS) is 12.3. The SMILES string of the molecule is C=C(NC1=NCC(C(C)(C)C)=C1)Nc1ccc(NC(=C)c2cc(C(C)(C)C)nn2C)cc1.CC.CC(C)(C)c1cc(NC(=O)Nc2ccc(NC(=O)c3csnn3)cc2)no1. The van der Waals surface area contributed by atoms with Crippen LogP contribution < -0.4 is 31.9 Å². The van der Waals surface area contributed by atoms with Crippen molar-refractivity contribution in [3.8, 4) is 0 Å². The molecular weight excluding hydrogens is 789 g/mol. The number of amides is 3. The van der Waals surface area contributed by atoms with E-state index in [1.165, 1.54) is 5.57 Å². The van der Waals surface area contributed by atoms with Gasteiger partial charge in [-0.15, -0.1) is 5.10 Å². The van der Waals surface area contributed by atoms with Crippen LogP contribution in [0, 0.1) is 5.41 Å². The van der Waals surface area contributed by atoms with Crippen LogP contribution in [-0.4, -0.2) is 48.8 Å². The quantitative estimate of drug-likeness (QED) is 0.0789. The number of nitrogens with zero attached hydrogens (tertiary/aromatic N) is 6. The Morgan fingerprint density at radius 1 is 0.738 bits per heavy atom. The highest BCUT2D eigenvalue weighted by Gasteiger charge is 2.23. The first-order chi connectivity index (χ1) is 28.6. The third-order valence-electron chi connectivity index (χ3n) is 8.89. The number of carbonyl (C=O) groups is 2. The number of carbonyl (C=O) groups excluding carboxylic acids is 2. The van der Waals surface area contributed by atoms with Crippen LogP contribution in [0.3, 0.4) is 0 Å². The van der Waals surface area contributed by atoms with Gasteiger partial charge in [-0.3, -0.25) is 19.8 Å². The highest BCUT2D eigenvalue weighted by atomic mass is 32.1. The van der Waals surface area contributed by atoms with E-state index < -0.39 is 6.03 Å². The molecule has 3 aromatic heterocycles. The maximum absolute atomic E-state index is 12.1. The van der Waals surface area contributed by atoms with Crippen molar-refractivity contribution >= 4 is 63.6 Å². The minimum atomic E-state index is -0.450. The summed E-state index contributed by atoms with van der Waals surface area (Å²) in [5.41, 5.74) is 7.33. The van der Waals surface area contributed by atoms with E-state index in [9.17, 15) is 9.59 Å². The van der Waals surface area contributed by atoms with Gasteiger partial charge >= 0.3 is 6.03 Å². The third kappa shape index (κ3) is 14.0. The molecule has 0 atom stereocenters. The largest absolute Gasteiger partial charge is 0.359 e. The van der Waals surface area contributed by atoms with Crippen molar-refractivity contribution in [3.05, 3.63) is 120 Å². The number of rotatable bonds is 10. The fourth-order valence-corrected chi connectivity index (χ4v) is 5.81. The van der Waals surface area contributed by atoms with Crippen molar-refractivity contribution in [1.82, 2.24) is 29.8 Å². The van der Waals surface area contributed by atoms with Crippen LogP contribution in [0.4, 0.5) is 33.4 Å². The number of aromatic nitrogens is 5. The van der Waals surface area contributed by atoms with Gasteiger partial charge in [-0.05, 0) is 83.2 Å². The zero-order valence-corrected chi connectivity index (χ0v) is 38.2. The lowest BCUT2D eigenvalue weighted by Gasteiger charge is -2.18. The molecule has 0 saturated carbocycles. The molecule has 0 bridgehead atoms. The number of benzene rings is 2. The van der Waals surface area contributed by atoms with Crippen LogP contribution in [-0.2, 0) is 17.9 Å². The molecule has 0 fully saturated rings. The Bertz CT molecular complexity index is 2330. The summed E-state index contributed by atoms with van der Waals surface area (Å²) in [4.78, 5) is 28.5. The fourth-order valence-electron chi connectivity index (χ4n) is 5.37. The number of anilines is 5.